The van der Waals surface area contributed by atoms with Crippen molar-refractivity contribution >= 4 is 13.7 Å². The first-order chi connectivity index (χ1) is 10.8. The molecule has 0 spiro atoms. The first-order valence-electron chi connectivity index (χ1n) is 10.1. The Kier molecular flexibility index (Phi) is 6.62. The van der Waals surface area contributed by atoms with Gasteiger partial charge in [0.1, 0.15) is 13.7 Å². The highest BCUT2D eigenvalue weighted by Gasteiger charge is 2.36. The summed E-state index contributed by atoms with van der Waals surface area (Å²) in [5, 5.41) is 0. The summed E-state index contributed by atoms with van der Waals surface area (Å²) in [6.45, 7) is 12.6. The highest BCUT2D eigenvalue weighted by atomic mass is 15.2. The van der Waals surface area contributed by atoms with Crippen molar-refractivity contribution in [2.24, 2.45) is 16.8 Å². The first kappa shape index (κ1) is 18.9. The average Bonchev–Trinajstić information content (AvgIpc) is 2.44. The maximum absolute atomic E-state index is 5.24. The summed E-state index contributed by atoms with van der Waals surface area (Å²) >= 11 is 0. The zero-order chi connectivity index (χ0) is 17.0. The third-order valence-electron chi connectivity index (χ3n) is 5.75. The van der Waals surface area contributed by atoms with E-state index in [1.807, 2.05) is 0 Å². The molecule has 132 valence electrons. The van der Waals surface area contributed by atoms with Gasteiger partial charge in [-0.2, -0.15) is 0 Å². The summed E-state index contributed by atoms with van der Waals surface area (Å²) < 4.78 is 0. The van der Waals surface area contributed by atoms with Gasteiger partial charge < -0.3 is 4.90 Å². The number of amidine groups is 1. The van der Waals surface area contributed by atoms with Gasteiger partial charge in [-0.15, -0.1) is 0 Å². The van der Waals surface area contributed by atoms with Crippen molar-refractivity contribution in [1.29, 1.82) is 0 Å². The molecule has 0 aromatic heterocycles. The smallest absolute Gasteiger partial charge is 0.105 e. The quantitative estimate of drug-likeness (QED) is 0.640. The van der Waals surface area contributed by atoms with Crippen LogP contribution in [-0.2, 0) is 0 Å². The number of hydrogen-bond donors (Lipinski definition) is 0. The second-order valence-electron chi connectivity index (χ2n) is 9.40. The number of aliphatic imine (C=N–C) groups is 1. The Morgan fingerprint density at radius 3 is 2.35 bits per heavy atom. The highest BCUT2D eigenvalue weighted by molar-refractivity contribution is 6.11. The van der Waals surface area contributed by atoms with Gasteiger partial charge in [0.05, 0.1) is 5.54 Å². The molecule has 2 aliphatic rings. The minimum absolute atomic E-state index is 0.0347. The summed E-state index contributed by atoms with van der Waals surface area (Å²) in [4.78, 5) is 7.86. The second-order valence-corrected chi connectivity index (χ2v) is 9.40. The zero-order valence-electron chi connectivity index (χ0n) is 16.6. The molecule has 23 heavy (non-hydrogen) atoms. The molecule has 1 aliphatic heterocycles. The van der Waals surface area contributed by atoms with Crippen molar-refractivity contribution in [1.82, 2.24) is 4.90 Å². The van der Waals surface area contributed by atoms with Crippen LogP contribution in [0.25, 0.3) is 0 Å². The Morgan fingerprint density at radius 2 is 1.70 bits per heavy atom. The van der Waals surface area contributed by atoms with Crippen molar-refractivity contribution in [3.05, 3.63) is 0 Å². The number of fused-ring (bicyclic) bond motifs is 1. The molecule has 0 bridgehead atoms. The molecule has 0 N–H and O–H groups in total. The zero-order valence-corrected chi connectivity index (χ0v) is 16.6. The minimum atomic E-state index is 0.0347. The van der Waals surface area contributed by atoms with Gasteiger partial charge in [-0.1, -0.05) is 44.3 Å². The summed E-state index contributed by atoms with van der Waals surface area (Å²) in [5.41, 5.74) is 0.0347. The fraction of sp³-hybridized carbons (Fsp3) is 0.950. The van der Waals surface area contributed by atoms with E-state index in [1.165, 1.54) is 63.7 Å². The Bertz CT molecular complexity index is 397. The number of piperidine rings is 1. The predicted octanol–water partition coefficient (Wildman–Crippen LogP) is 4.70. The van der Waals surface area contributed by atoms with E-state index in [4.69, 9.17) is 4.99 Å². The van der Waals surface area contributed by atoms with Crippen molar-refractivity contribution in [3.63, 3.8) is 0 Å². The molecule has 1 saturated heterocycles. The van der Waals surface area contributed by atoms with E-state index in [0.717, 1.165) is 11.7 Å². The van der Waals surface area contributed by atoms with Crippen molar-refractivity contribution in [3.8, 4) is 0 Å². The SMILES string of the molecule is BC1CCCCCC2/C(=N/C(C)(C)C)N(C(C)C)CCC2CC1. The van der Waals surface area contributed by atoms with Crippen LogP contribution >= 0.6 is 0 Å². The van der Waals surface area contributed by atoms with E-state index in [1.54, 1.807) is 0 Å². The van der Waals surface area contributed by atoms with Gasteiger partial charge in [-0.25, -0.2) is 0 Å². The molecular formula is C20H39BN2. The third kappa shape index (κ3) is 5.53. The van der Waals surface area contributed by atoms with Crippen LogP contribution in [0.5, 0.6) is 0 Å². The molecule has 1 heterocycles. The fourth-order valence-corrected chi connectivity index (χ4v) is 4.45. The molecule has 2 fully saturated rings. The maximum Gasteiger partial charge on any atom is 0.105 e. The van der Waals surface area contributed by atoms with Crippen LogP contribution in [-0.4, -0.2) is 36.7 Å². The van der Waals surface area contributed by atoms with E-state index < -0.39 is 0 Å². The van der Waals surface area contributed by atoms with Crippen LogP contribution in [0, 0.1) is 11.8 Å². The minimum Gasteiger partial charge on any atom is -0.358 e. The van der Waals surface area contributed by atoms with E-state index in [9.17, 15) is 0 Å². The normalized spacial score (nSPS) is 32.9. The maximum atomic E-state index is 5.24. The highest BCUT2D eigenvalue weighted by Crippen LogP contribution is 2.37. The predicted molar refractivity (Wildman–Crippen MR) is 105 cm³/mol. The summed E-state index contributed by atoms with van der Waals surface area (Å²) in [5.74, 6) is 3.93. The van der Waals surface area contributed by atoms with Crippen LogP contribution in [0.15, 0.2) is 4.99 Å². The molecule has 0 amide bonds. The molecule has 2 rings (SSSR count). The lowest BCUT2D eigenvalue weighted by Crippen LogP contribution is -2.49. The van der Waals surface area contributed by atoms with E-state index in [0.29, 0.717) is 12.0 Å². The van der Waals surface area contributed by atoms with Gasteiger partial charge in [0.15, 0.2) is 0 Å². The topological polar surface area (TPSA) is 15.6 Å². The van der Waals surface area contributed by atoms with Gasteiger partial charge in [0.25, 0.3) is 0 Å². The molecule has 1 aliphatic carbocycles. The molecule has 3 heteroatoms. The summed E-state index contributed by atoms with van der Waals surface area (Å²) in [6, 6.07) is 0.575. The van der Waals surface area contributed by atoms with Gasteiger partial charge in [-0.3, -0.25) is 4.99 Å². The van der Waals surface area contributed by atoms with Crippen LogP contribution < -0.4 is 0 Å². The van der Waals surface area contributed by atoms with Crippen molar-refractivity contribution < 1.29 is 0 Å². The Morgan fingerprint density at radius 1 is 1.00 bits per heavy atom. The van der Waals surface area contributed by atoms with Gasteiger partial charge in [0.2, 0.25) is 0 Å². The van der Waals surface area contributed by atoms with E-state index in [2.05, 4.69) is 47.4 Å². The molecule has 3 unspecified atom stereocenters. The standard InChI is InChI=1S/C20H39BN2/c1-15(2)23-14-13-16-11-12-17(21)9-7-6-8-10-18(16)19(23)22-20(3,4)5/h15-18H,6-14,21H2,1-5H3/b22-19-. The Balaban J connectivity index is 2.26. The van der Waals surface area contributed by atoms with Gasteiger partial charge in [-0.05, 0) is 53.4 Å². The summed E-state index contributed by atoms with van der Waals surface area (Å²) in [7, 11) is 2.46. The number of rotatable bonds is 1. The number of nitrogens with zero attached hydrogens (tertiary/aromatic N) is 2. The van der Waals surface area contributed by atoms with E-state index >= 15 is 0 Å². The van der Waals surface area contributed by atoms with Gasteiger partial charge >= 0.3 is 0 Å². The molecule has 1 saturated carbocycles. The second kappa shape index (κ2) is 8.07. The van der Waals surface area contributed by atoms with Crippen LogP contribution in [0.3, 0.4) is 0 Å². The fourth-order valence-electron chi connectivity index (χ4n) is 4.45. The lowest BCUT2D eigenvalue weighted by Gasteiger charge is -2.44. The number of likely N-dealkylation sites (tertiary alicyclic amines) is 1. The number of hydrogen-bond acceptors (Lipinski definition) is 1. The van der Waals surface area contributed by atoms with Crippen molar-refractivity contribution in [2.75, 3.05) is 6.54 Å². The van der Waals surface area contributed by atoms with Gasteiger partial charge in [0, 0.05) is 18.5 Å². The van der Waals surface area contributed by atoms with Crippen LogP contribution in [0.1, 0.15) is 86.0 Å². The molecule has 0 aromatic rings. The van der Waals surface area contributed by atoms with E-state index in [-0.39, 0.29) is 5.54 Å². The Labute approximate surface area is 145 Å². The molecule has 2 nitrogen and oxygen atoms in total. The summed E-state index contributed by atoms with van der Waals surface area (Å²) in [6.07, 6.45) is 11.3. The average molecular weight is 318 g/mol. The molecule has 3 atom stereocenters. The molecule has 0 aromatic carbocycles. The monoisotopic (exact) mass is 318 g/mol. The van der Waals surface area contributed by atoms with Crippen LogP contribution in [0.2, 0.25) is 5.82 Å². The largest absolute Gasteiger partial charge is 0.358 e. The lowest BCUT2D eigenvalue weighted by molar-refractivity contribution is 0.199. The van der Waals surface area contributed by atoms with Crippen LogP contribution in [0.4, 0.5) is 0 Å². The first-order valence-corrected chi connectivity index (χ1v) is 10.1. The lowest BCUT2D eigenvalue weighted by atomic mass is 9.71. The van der Waals surface area contributed by atoms with Crippen molar-refractivity contribution in [2.45, 2.75) is 103 Å². The third-order valence-corrected chi connectivity index (χ3v) is 5.75. The molecule has 0 radical (unpaired) electrons. The Hall–Kier alpha value is -0.465. The molecular weight excluding hydrogens is 279 g/mol.